The van der Waals surface area contributed by atoms with Crippen molar-refractivity contribution in [1.82, 2.24) is 10.3 Å². The number of nitrogens with zero attached hydrogens (tertiary/aromatic N) is 1. The Hall–Kier alpha value is -1.88. The van der Waals surface area contributed by atoms with Crippen LogP contribution < -0.4 is 10.1 Å². The van der Waals surface area contributed by atoms with Gasteiger partial charge < -0.3 is 10.1 Å². The fourth-order valence-electron chi connectivity index (χ4n) is 1.41. The van der Waals surface area contributed by atoms with Crippen LogP contribution in [0.25, 0.3) is 0 Å². The Morgan fingerprint density at radius 2 is 2.35 bits per heavy atom. The summed E-state index contributed by atoms with van der Waals surface area (Å²) in [6.07, 6.45) is 1.66. The maximum atomic E-state index is 11.7. The van der Waals surface area contributed by atoms with Crippen LogP contribution in [-0.2, 0) is 6.54 Å². The van der Waals surface area contributed by atoms with Gasteiger partial charge in [0.1, 0.15) is 0 Å². The Labute approximate surface area is 103 Å². The minimum absolute atomic E-state index is 0.0779. The van der Waals surface area contributed by atoms with E-state index in [0.717, 1.165) is 5.56 Å². The van der Waals surface area contributed by atoms with Crippen molar-refractivity contribution >= 4 is 17.2 Å². The minimum Gasteiger partial charge on any atom is -0.481 e. The lowest BCUT2D eigenvalue weighted by Crippen LogP contribution is -2.22. The van der Waals surface area contributed by atoms with Crippen LogP contribution in [-0.4, -0.2) is 18.0 Å². The Balaban J connectivity index is 2.00. The summed E-state index contributed by atoms with van der Waals surface area (Å²) < 4.78 is 5.11. The van der Waals surface area contributed by atoms with Crippen LogP contribution in [0.4, 0.5) is 0 Å². The first-order chi connectivity index (χ1) is 8.31. The first-order valence-corrected chi connectivity index (χ1v) is 5.99. The molecule has 1 amide bonds. The molecule has 0 spiro atoms. The monoisotopic (exact) mass is 248 g/mol. The summed E-state index contributed by atoms with van der Waals surface area (Å²) >= 11 is 1.42. The summed E-state index contributed by atoms with van der Waals surface area (Å²) in [4.78, 5) is 16.5. The third-order valence-electron chi connectivity index (χ3n) is 2.23. The molecule has 2 heterocycles. The van der Waals surface area contributed by atoms with E-state index in [4.69, 9.17) is 4.74 Å². The van der Waals surface area contributed by atoms with Gasteiger partial charge in [-0.3, -0.25) is 4.79 Å². The molecule has 0 saturated carbocycles. The zero-order chi connectivity index (χ0) is 12.1. The zero-order valence-corrected chi connectivity index (χ0v) is 10.2. The van der Waals surface area contributed by atoms with E-state index in [1.165, 1.54) is 11.3 Å². The van der Waals surface area contributed by atoms with Gasteiger partial charge in [-0.2, -0.15) is 0 Å². The second kappa shape index (κ2) is 5.45. The normalized spacial score (nSPS) is 9.94. The highest BCUT2D eigenvalue weighted by Crippen LogP contribution is 2.14. The van der Waals surface area contributed by atoms with E-state index in [2.05, 4.69) is 10.3 Å². The fourth-order valence-corrected chi connectivity index (χ4v) is 2.05. The lowest BCUT2D eigenvalue weighted by molar-refractivity contribution is 0.0954. The van der Waals surface area contributed by atoms with Gasteiger partial charge in [-0.05, 0) is 17.5 Å². The molecular weight excluding hydrogens is 236 g/mol. The number of hydrogen-bond donors (Lipinski definition) is 1. The maximum Gasteiger partial charge on any atom is 0.261 e. The van der Waals surface area contributed by atoms with E-state index in [-0.39, 0.29) is 5.91 Å². The number of nitrogens with one attached hydrogen (secondary N) is 1. The number of ether oxygens (including phenoxy) is 1. The van der Waals surface area contributed by atoms with Crippen LogP contribution in [0.2, 0.25) is 0 Å². The quantitative estimate of drug-likeness (QED) is 0.901. The predicted molar refractivity (Wildman–Crippen MR) is 66.3 cm³/mol. The van der Waals surface area contributed by atoms with Gasteiger partial charge in [0, 0.05) is 18.3 Å². The standard InChI is InChI=1S/C12H12N2O2S/c1-16-12-9(4-2-6-13-12)8-14-11(15)10-5-3-7-17-10/h2-7H,8H2,1H3,(H,14,15). The minimum atomic E-state index is -0.0779. The molecule has 2 aromatic heterocycles. The molecule has 0 radical (unpaired) electrons. The molecule has 0 bridgehead atoms. The molecule has 1 N–H and O–H groups in total. The van der Waals surface area contributed by atoms with Crippen molar-refractivity contribution in [2.24, 2.45) is 0 Å². The first-order valence-electron chi connectivity index (χ1n) is 5.11. The third kappa shape index (κ3) is 2.82. The highest BCUT2D eigenvalue weighted by molar-refractivity contribution is 7.12. The first kappa shape index (κ1) is 11.6. The zero-order valence-electron chi connectivity index (χ0n) is 9.34. The summed E-state index contributed by atoms with van der Waals surface area (Å²) in [6, 6.07) is 7.33. The van der Waals surface area contributed by atoms with Crippen LogP contribution in [0, 0.1) is 0 Å². The number of carbonyl (C=O) groups is 1. The van der Waals surface area contributed by atoms with Gasteiger partial charge in [-0.25, -0.2) is 4.98 Å². The average Bonchev–Trinajstić information content (AvgIpc) is 2.90. The molecule has 0 aliphatic rings. The highest BCUT2D eigenvalue weighted by Gasteiger charge is 2.08. The number of aromatic nitrogens is 1. The molecule has 2 rings (SSSR count). The van der Waals surface area contributed by atoms with Gasteiger partial charge in [0.25, 0.3) is 5.91 Å². The Morgan fingerprint density at radius 3 is 3.06 bits per heavy atom. The number of thiophene rings is 1. The molecule has 88 valence electrons. The smallest absolute Gasteiger partial charge is 0.261 e. The summed E-state index contributed by atoms with van der Waals surface area (Å²) in [6.45, 7) is 0.410. The maximum absolute atomic E-state index is 11.7. The van der Waals surface area contributed by atoms with Crippen molar-refractivity contribution in [1.29, 1.82) is 0 Å². The number of methoxy groups -OCH3 is 1. The van der Waals surface area contributed by atoms with Crippen LogP contribution in [0.1, 0.15) is 15.2 Å². The Kier molecular flexibility index (Phi) is 3.72. The van der Waals surface area contributed by atoms with Gasteiger partial charge in [-0.15, -0.1) is 11.3 Å². The number of rotatable bonds is 4. The summed E-state index contributed by atoms with van der Waals surface area (Å²) in [5, 5.41) is 4.70. The number of amides is 1. The summed E-state index contributed by atoms with van der Waals surface area (Å²) in [5.74, 6) is 0.463. The summed E-state index contributed by atoms with van der Waals surface area (Å²) in [5.41, 5.74) is 0.861. The van der Waals surface area contributed by atoms with Gasteiger partial charge in [0.05, 0.1) is 12.0 Å². The van der Waals surface area contributed by atoms with Gasteiger partial charge in [0.15, 0.2) is 0 Å². The predicted octanol–water partition coefficient (Wildman–Crippen LogP) is 2.08. The number of carbonyl (C=O) groups excluding carboxylic acids is 1. The molecular formula is C12H12N2O2S. The van der Waals surface area contributed by atoms with E-state index in [9.17, 15) is 4.79 Å². The SMILES string of the molecule is COc1ncccc1CNC(=O)c1cccs1. The largest absolute Gasteiger partial charge is 0.481 e. The van der Waals surface area contributed by atoms with E-state index < -0.39 is 0 Å². The molecule has 4 nitrogen and oxygen atoms in total. The molecule has 0 fully saturated rings. The van der Waals surface area contributed by atoms with Gasteiger partial charge in [0.2, 0.25) is 5.88 Å². The van der Waals surface area contributed by atoms with Crippen LogP contribution in [0.15, 0.2) is 35.8 Å². The van der Waals surface area contributed by atoms with Crippen LogP contribution in [0.3, 0.4) is 0 Å². The fraction of sp³-hybridized carbons (Fsp3) is 0.167. The Bertz CT molecular complexity index is 497. The second-order valence-electron chi connectivity index (χ2n) is 3.33. The van der Waals surface area contributed by atoms with E-state index in [0.29, 0.717) is 17.3 Å². The molecule has 0 atom stereocenters. The van der Waals surface area contributed by atoms with Gasteiger partial charge >= 0.3 is 0 Å². The van der Waals surface area contributed by atoms with Crippen LogP contribution in [0.5, 0.6) is 5.88 Å². The molecule has 17 heavy (non-hydrogen) atoms. The van der Waals surface area contributed by atoms with Gasteiger partial charge in [-0.1, -0.05) is 12.1 Å². The van der Waals surface area contributed by atoms with Crippen molar-refractivity contribution in [2.75, 3.05) is 7.11 Å². The van der Waals surface area contributed by atoms with E-state index in [1.807, 2.05) is 23.6 Å². The molecule has 0 aromatic carbocycles. The molecule has 0 aliphatic heterocycles. The average molecular weight is 248 g/mol. The number of pyridine rings is 1. The second-order valence-corrected chi connectivity index (χ2v) is 4.28. The topological polar surface area (TPSA) is 51.2 Å². The van der Waals surface area contributed by atoms with Crippen molar-refractivity contribution < 1.29 is 9.53 Å². The lowest BCUT2D eigenvalue weighted by Gasteiger charge is -2.07. The summed E-state index contributed by atoms with van der Waals surface area (Å²) in [7, 11) is 1.56. The van der Waals surface area contributed by atoms with Crippen molar-refractivity contribution in [3.05, 3.63) is 46.3 Å². The van der Waals surface area contributed by atoms with Crippen molar-refractivity contribution in [3.8, 4) is 5.88 Å². The lowest BCUT2D eigenvalue weighted by atomic mass is 10.2. The highest BCUT2D eigenvalue weighted by atomic mass is 32.1. The van der Waals surface area contributed by atoms with E-state index >= 15 is 0 Å². The van der Waals surface area contributed by atoms with Crippen molar-refractivity contribution in [2.45, 2.75) is 6.54 Å². The van der Waals surface area contributed by atoms with Crippen molar-refractivity contribution in [3.63, 3.8) is 0 Å². The third-order valence-corrected chi connectivity index (χ3v) is 3.10. The van der Waals surface area contributed by atoms with E-state index in [1.54, 1.807) is 19.4 Å². The molecule has 0 unspecified atom stereocenters. The van der Waals surface area contributed by atoms with Crippen LogP contribution >= 0.6 is 11.3 Å². The molecule has 5 heteroatoms. The molecule has 0 saturated heterocycles. The molecule has 2 aromatic rings. The molecule has 0 aliphatic carbocycles. The Morgan fingerprint density at radius 1 is 1.47 bits per heavy atom. The number of hydrogen-bond acceptors (Lipinski definition) is 4.